The maximum absolute atomic E-state index is 13.6. The summed E-state index contributed by atoms with van der Waals surface area (Å²) in [5.74, 6) is 0.912. The molecule has 2 atom stereocenters. The Bertz CT molecular complexity index is 2130. The van der Waals surface area contributed by atoms with E-state index >= 15 is 0 Å². The van der Waals surface area contributed by atoms with Crippen molar-refractivity contribution in [1.82, 2.24) is 5.32 Å². The number of carbonyl (C=O) groups is 3. The van der Waals surface area contributed by atoms with Crippen molar-refractivity contribution in [1.29, 1.82) is 5.26 Å². The van der Waals surface area contributed by atoms with Gasteiger partial charge >= 0.3 is 0 Å². The fourth-order valence-corrected chi connectivity index (χ4v) is 7.98. The van der Waals surface area contributed by atoms with Crippen molar-refractivity contribution in [2.75, 3.05) is 17.7 Å². The summed E-state index contributed by atoms with van der Waals surface area (Å²) < 4.78 is 11.5. The first-order valence-corrected chi connectivity index (χ1v) is 18.2. The molecule has 0 saturated heterocycles. The van der Waals surface area contributed by atoms with Gasteiger partial charge < -0.3 is 25.1 Å². The number of thioether (sulfide) groups is 1. The molecule has 3 N–H and O–H groups in total. The van der Waals surface area contributed by atoms with Crippen molar-refractivity contribution in [3.05, 3.63) is 124 Å². The lowest BCUT2D eigenvalue weighted by atomic mass is 9.89. The highest BCUT2D eigenvalue weighted by molar-refractivity contribution is 8.00. The van der Waals surface area contributed by atoms with Crippen LogP contribution < -0.4 is 20.7 Å². The summed E-state index contributed by atoms with van der Waals surface area (Å²) in [4.78, 5) is 41.9. The van der Waals surface area contributed by atoms with Crippen LogP contribution in [0, 0.1) is 17.2 Å². The molecule has 5 aromatic rings. The maximum atomic E-state index is 13.6. The molecule has 2 heterocycles. The molecule has 0 spiro atoms. The smallest absolute Gasteiger partial charge is 0.272 e. The second kappa shape index (κ2) is 16.0. The lowest BCUT2D eigenvalue weighted by Gasteiger charge is -2.17. The number of carbonyl (C=O) groups excluding carboxylic acids is 3. The van der Waals surface area contributed by atoms with Gasteiger partial charge in [-0.2, -0.15) is 5.26 Å². The fraction of sp³-hybridized carbons (Fsp3) is 0.200. The number of rotatable bonds is 11. The van der Waals surface area contributed by atoms with Gasteiger partial charge in [0, 0.05) is 27.1 Å². The number of nitrogens with one attached hydrogen (secondary N) is 3. The van der Waals surface area contributed by atoms with E-state index in [2.05, 4.69) is 28.9 Å². The molecule has 1 aliphatic rings. The van der Waals surface area contributed by atoms with Crippen LogP contribution >= 0.6 is 23.1 Å². The van der Waals surface area contributed by atoms with Gasteiger partial charge in [0.2, 0.25) is 5.91 Å². The molecule has 0 radical (unpaired) electrons. The summed E-state index contributed by atoms with van der Waals surface area (Å²) >= 11 is 2.88. The summed E-state index contributed by atoms with van der Waals surface area (Å²) in [5, 5.41) is 18.6. The number of hydrogen-bond donors (Lipinski definition) is 3. The Labute approximate surface area is 304 Å². The van der Waals surface area contributed by atoms with Crippen LogP contribution in [0.1, 0.15) is 52.4 Å². The van der Waals surface area contributed by atoms with Crippen molar-refractivity contribution in [3.8, 4) is 23.1 Å². The molecule has 0 unspecified atom stereocenters. The number of methoxy groups -OCH3 is 1. The zero-order valence-electron chi connectivity index (χ0n) is 28.3. The minimum atomic E-state index is -0.552. The van der Waals surface area contributed by atoms with Crippen LogP contribution in [-0.2, 0) is 22.4 Å². The number of benzene rings is 3. The molecular weight excluding hydrogens is 681 g/mol. The predicted molar refractivity (Wildman–Crippen MR) is 202 cm³/mol. The number of amides is 3. The van der Waals surface area contributed by atoms with E-state index in [-0.39, 0.29) is 11.6 Å². The fourth-order valence-electron chi connectivity index (χ4n) is 5.75. The first-order valence-electron chi connectivity index (χ1n) is 16.5. The monoisotopic (exact) mass is 716 g/mol. The molecule has 3 amide bonds. The normalized spacial score (nSPS) is 14.5. The number of fused-ring (bicyclic) bond motifs is 1. The highest BCUT2D eigenvalue weighted by Crippen LogP contribution is 2.40. The van der Waals surface area contributed by atoms with Gasteiger partial charge in [0.15, 0.2) is 0 Å². The zero-order valence-corrected chi connectivity index (χ0v) is 30.0. The lowest BCUT2D eigenvalue weighted by Crippen LogP contribution is -2.30. The van der Waals surface area contributed by atoms with Crippen LogP contribution in [0.25, 0.3) is 17.4 Å². The molecule has 9 nitrogen and oxygen atoms in total. The van der Waals surface area contributed by atoms with Gasteiger partial charge in [-0.15, -0.1) is 23.1 Å². The number of hydrogen-bond acceptors (Lipinski definition) is 8. The molecule has 1 aliphatic carbocycles. The molecule has 6 rings (SSSR count). The third-order valence-corrected chi connectivity index (χ3v) is 10.8. The highest BCUT2D eigenvalue weighted by Gasteiger charge is 2.26. The SMILES string of the molecule is COc1ccccc1-c1ccc(/C=C(\NC(=O)c2ccccc2)C(=O)Nc2ccc(S[C@H](C)C(=O)Nc3sc4c(c3C#N)CC[C@@H](C)C4)cc2)o1. The van der Waals surface area contributed by atoms with E-state index in [0.717, 1.165) is 35.3 Å². The van der Waals surface area contributed by atoms with Crippen LogP contribution in [0.4, 0.5) is 10.7 Å². The minimum Gasteiger partial charge on any atom is -0.496 e. The Morgan fingerprint density at radius 3 is 2.49 bits per heavy atom. The third-order valence-electron chi connectivity index (χ3n) is 8.47. The van der Waals surface area contributed by atoms with E-state index in [4.69, 9.17) is 9.15 Å². The Hall–Kier alpha value is -5.57. The number of thiophene rings is 1. The highest BCUT2D eigenvalue weighted by atomic mass is 32.2. The van der Waals surface area contributed by atoms with E-state index < -0.39 is 17.1 Å². The molecule has 0 aliphatic heterocycles. The van der Waals surface area contributed by atoms with E-state index in [9.17, 15) is 19.6 Å². The van der Waals surface area contributed by atoms with E-state index in [1.54, 1.807) is 61.7 Å². The molecule has 258 valence electrons. The van der Waals surface area contributed by atoms with Crippen LogP contribution in [-0.4, -0.2) is 30.1 Å². The molecular formula is C40H36N4O5S2. The Kier molecular flexibility index (Phi) is 11.0. The second-order valence-corrected chi connectivity index (χ2v) is 14.7. The summed E-state index contributed by atoms with van der Waals surface area (Å²) in [6.45, 7) is 4.03. The topological polar surface area (TPSA) is 133 Å². The van der Waals surface area contributed by atoms with Gasteiger partial charge in [0.05, 0.1) is 23.5 Å². The lowest BCUT2D eigenvalue weighted by molar-refractivity contribution is -0.115. The third kappa shape index (κ3) is 8.43. The maximum Gasteiger partial charge on any atom is 0.272 e. The van der Waals surface area contributed by atoms with Crippen LogP contribution in [0.3, 0.4) is 0 Å². The van der Waals surface area contributed by atoms with Crippen LogP contribution in [0.15, 0.2) is 106 Å². The largest absolute Gasteiger partial charge is 0.496 e. The quantitative estimate of drug-likeness (QED) is 0.0922. The average Bonchev–Trinajstić information content (AvgIpc) is 3.75. The molecule has 3 aromatic carbocycles. The van der Waals surface area contributed by atoms with Crippen LogP contribution in [0.5, 0.6) is 5.75 Å². The van der Waals surface area contributed by atoms with E-state index in [1.807, 2.05) is 43.3 Å². The van der Waals surface area contributed by atoms with Gasteiger partial charge in [0.1, 0.15) is 34.0 Å². The Morgan fingerprint density at radius 2 is 1.75 bits per heavy atom. The van der Waals surface area contributed by atoms with Gasteiger partial charge in [-0.1, -0.05) is 37.3 Å². The van der Waals surface area contributed by atoms with Gasteiger partial charge in [0.25, 0.3) is 11.8 Å². The zero-order chi connectivity index (χ0) is 35.9. The number of nitriles is 1. The molecule has 2 aromatic heterocycles. The van der Waals surface area contributed by atoms with Crippen molar-refractivity contribution < 1.29 is 23.5 Å². The first-order chi connectivity index (χ1) is 24.7. The standard InChI is InChI=1S/C40H36N4O5S2/c1-24-13-19-30-32(23-41)40(51-36(30)21-24)44-37(45)25(2)50-29-17-14-27(15-18-29)42-39(47)33(43-38(46)26-9-5-4-6-10-26)22-28-16-20-35(49-28)31-11-7-8-12-34(31)48-3/h4-12,14-18,20,22,24-25H,13,19,21H2,1-3H3,(H,42,47)(H,43,46)(H,44,45)/b33-22-/t24-,25-/m1/s1. The molecule has 51 heavy (non-hydrogen) atoms. The van der Waals surface area contributed by atoms with Crippen LogP contribution in [0.2, 0.25) is 0 Å². The van der Waals surface area contributed by atoms with E-state index in [0.29, 0.717) is 45.0 Å². The van der Waals surface area contributed by atoms with Gasteiger partial charge in [-0.25, -0.2) is 0 Å². The van der Waals surface area contributed by atoms with Crippen molar-refractivity contribution in [3.63, 3.8) is 0 Å². The predicted octanol–water partition coefficient (Wildman–Crippen LogP) is 8.54. The number of ether oxygens (including phenoxy) is 1. The number of para-hydroxylation sites is 1. The number of furan rings is 1. The summed E-state index contributed by atoms with van der Waals surface area (Å²) in [6.07, 6.45) is 4.32. The van der Waals surface area contributed by atoms with E-state index in [1.165, 1.54) is 34.1 Å². The molecule has 0 saturated carbocycles. The van der Waals surface area contributed by atoms with Crippen molar-refractivity contribution >= 4 is 57.6 Å². The van der Waals surface area contributed by atoms with Crippen molar-refractivity contribution in [2.45, 2.75) is 43.3 Å². The molecule has 0 fully saturated rings. The molecule has 11 heteroatoms. The summed E-state index contributed by atoms with van der Waals surface area (Å²) in [6, 6.07) is 28.9. The minimum absolute atomic E-state index is 0.0185. The number of nitrogens with zero attached hydrogens (tertiary/aromatic N) is 1. The molecule has 0 bridgehead atoms. The Morgan fingerprint density at radius 1 is 1.00 bits per heavy atom. The second-order valence-electron chi connectivity index (χ2n) is 12.2. The average molecular weight is 717 g/mol. The van der Waals surface area contributed by atoms with Gasteiger partial charge in [-0.3, -0.25) is 14.4 Å². The first kappa shape index (κ1) is 35.3. The number of anilines is 2. The summed E-state index contributed by atoms with van der Waals surface area (Å²) in [7, 11) is 1.58. The van der Waals surface area contributed by atoms with Gasteiger partial charge in [-0.05, 0) is 98.3 Å². The van der Waals surface area contributed by atoms with Crippen molar-refractivity contribution in [2.24, 2.45) is 5.92 Å². The summed E-state index contributed by atoms with van der Waals surface area (Å²) in [5.41, 5.74) is 3.28. The Balaban J connectivity index is 1.14.